The first-order valence-corrected chi connectivity index (χ1v) is 7.11. The van der Waals surface area contributed by atoms with Gasteiger partial charge in [0.1, 0.15) is 18.2 Å². The summed E-state index contributed by atoms with van der Waals surface area (Å²) >= 11 is 0. The van der Waals surface area contributed by atoms with E-state index in [1.165, 1.54) is 12.1 Å². The molecule has 1 aromatic heterocycles. The van der Waals surface area contributed by atoms with Crippen LogP contribution in [-0.4, -0.2) is 11.0 Å². The van der Waals surface area contributed by atoms with Crippen LogP contribution in [0.5, 0.6) is 5.75 Å². The highest BCUT2D eigenvalue weighted by atomic mass is 19.1. The zero-order valence-corrected chi connectivity index (χ0v) is 12.7. The number of nitrogens with zero attached hydrogens (tertiary/aromatic N) is 1. The summed E-state index contributed by atoms with van der Waals surface area (Å²) < 4.78 is 18.8. The minimum absolute atomic E-state index is 0.293. The van der Waals surface area contributed by atoms with E-state index in [9.17, 15) is 4.39 Å². The number of aryl methyl sites for hydroxylation is 1. The van der Waals surface area contributed by atoms with E-state index in [1.807, 2.05) is 25.3 Å². The van der Waals surface area contributed by atoms with Gasteiger partial charge in [0.2, 0.25) is 0 Å². The molecule has 1 N–H and O–H groups in total. The molecule has 21 heavy (non-hydrogen) atoms. The maximum Gasteiger partial charge on any atom is 0.130 e. The van der Waals surface area contributed by atoms with Crippen LogP contribution in [0.3, 0.4) is 0 Å². The molecule has 0 unspecified atom stereocenters. The third-order valence-corrected chi connectivity index (χ3v) is 3.13. The minimum Gasteiger partial charge on any atom is -0.487 e. The standard InChI is InChI=1S/C17H21FN2O/c1-12(2)19-9-14-5-7-16(20-10-14)11-21-17-8-15(18)6-4-13(17)3/h4-8,10,12,19H,9,11H2,1-3H3. The smallest absolute Gasteiger partial charge is 0.130 e. The molecule has 112 valence electrons. The molecular formula is C17H21FN2O. The van der Waals surface area contributed by atoms with Crippen molar-refractivity contribution in [1.82, 2.24) is 10.3 Å². The molecular weight excluding hydrogens is 267 g/mol. The molecule has 0 saturated heterocycles. The van der Waals surface area contributed by atoms with E-state index in [2.05, 4.69) is 24.1 Å². The average molecular weight is 288 g/mol. The fourth-order valence-electron chi connectivity index (χ4n) is 1.85. The monoisotopic (exact) mass is 288 g/mol. The molecule has 0 atom stereocenters. The molecule has 3 nitrogen and oxygen atoms in total. The van der Waals surface area contributed by atoms with Gasteiger partial charge in [-0.1, -0.05) is 26.0 Å². The largest absolute Gasteiger partial charge is 0.487 e. The van der Waals surface area contributed by atoms with Crippen LogP contribution < -0.4 is 10.1 Å². The molecule has 2 rings (SSSR count). The first-order chi connectivity index (χ1) is 10.0. The van der Waals surface area contributed by atoms with E-state index in [4.69, 9.17) is 4.74 Å². The van der Waals surface area contributed by atoms with Crippen molar-refractivity contribution >= 4 is 0 Å². The van der Waals surface area contributed by atoms with Gasteiger partial charge in [-0.05, 0) is 30.2 Å². The van der Waals surface area contributed by atoms with Crippen LogP contribution in [0.15, 0.2) is 36.5 Å². The van der Waals surface area contributed by atoms with Gasteiger partial charge >= 0.3 is 0 Å². The Morgan fingerprint density at radius 2 is 2.05 bits per heavy atom. The van der Waals surface area contributed by atoms with Gasteiger partial charge in [-0.3, -0.25) is 4.98 Å². The van der Waals surface area contributed by atoms with Gasteiger partial charge in [0.05, 0.1) is 5.69 Å². The van der Waals surface area contributed by atoms with Crippen molar-refractivity contribution in [3.8, 4) is 5.75 Å². The molecule has 0 fully saturated rings. The second-order valence-corrected chi connectivity index (χ2v) is 5.39. The van der Waals surface area contributed by atoms with Crippen molar-refractivity contribution in [2.24, 2.45) is 0 Å². The Hall–Kier alpha value is -1.94. The summed E-state index contributed by atoms with van der Waals surface area (Å²) in [6, 6.07) is 8.95. The Bertz CT molecular complexity index is 582. The highest BCUT2D eigenvalue weighted by Gasteiger charge is 2.03. The van der Waals surface area contributed by atoms with E-state index in [0.717, 1.165) is 23.4 Å². The lowest BCUT2D eigenvalue weighted by Crippen LogP contribution is -2.21. The Morgan fingerprint density at radius 1 is 1.24 bits per heavy atom. The van der Waals surface area contributed by atoms with Crippen LogP contribution >= 0.6 is 0 Å². The fraction of sp³-hybridized carbons (Fsp3) is 0.353. The van der Waals surface area contributed by atoms with Gasteiger partial charge < -0.3 is 10.1 Å². The van der Waals surface area contributed by atoms with Crippen LogP contribution in [0.25, 0.3) is 0 Å². The predicted molar refractivity (Wildman–Crippen MR) is 81.7 cm³/mol. The summed E-state index contributed by atoms with van der Waals surface area (Å²) in [4.78, 5) is 4.37. The van der Waals surface area contributed by atoms with Gasteiger partial charge in [0.25, 0.3) is 0 Å². The third kappa shape index (κ3) is 4.83. The SMILES string of the molecule is Cc1ccc(F)cc1OCc1ccc(CNC(C)C)cn1. The normalized spacial score (nSPS) is 10.9. The lowest BCUT2D eigenvalue weighted by molar-refractivity contribution is 0.297. The molecule has 0 spiro atoms. The summed E-state index contributed by atoms with van der Waals surface area (Å²) in [5.41, 5.74) is 2.87. The molecule has 0 radical (unpaired) electrons. The summed E-state index contributed by atoms with van der Waals surface area (Å²) in [6.07, 6.45) is 1.84. The van der Waals surface area contributed by atoms with E-state index in [0.29, 0.717) is 18.4 Å². The number of hydrogen-bond acceptors (Lipinski definition) is 3. The third-order valence-electron chi connectivity index (χ3n) is 3.13. The Morgan fingerprint density at radius 3 is 2.71 bits per heavy atom. The fourth-order valence-corrected chi connectivity index (χ4v) is 1.85. The topological polar surface area (TPSA) is 34.1 Å². The number of halogens is 1. The molecule has 0 aliphatic rings. The van der Waals surface area contributed by atoms with Crippen LogP contribution in [-0.2, 0) is 13.2 Å². The van der Waals surface area contributed by atoms with Gasteiger partial charge in [-0.25, -0.2) is 4.39 Å². The second kappa shape index (κ2) is 7.18. The molecule has 4 heteroatoms. The zero-order valence-electron chi connectivity index (χ0n) is 12.7. The summed E-state index contributed by atoms with van der Waals surface area (Å²) in [5, 5.41) is 3.34. The maximum atomic E-state index is 13.2. The molecule has 2 aromatic rings. The lowest BCUT2D eigenvalue weighted by Gasteiger charge is -2.10. The molecule has 0 amide bonds. The van der Waals surface area contributed by atoms with Gasteiger partial charge in [0, 0.05) is 24.8 Å². The van der Waals surface area contributed by atoms with Gasteiger partial charge in [-0.15, -0.1) is 0 Å². The quantitative estimate of drug-likeness (QED) is 0.881. The molecule has 1 heterocycles. The second-order valence-electron chi connectivity index (χ2n) is 5.39. The van der Waals surface area contributed by atoms with Crippen LogP contribution in [0.2, 0.25) is 0 Å². The summed E-state index contributed by atoms with van der Waals surface area (Å²) in [7, 11) is 0. The van der Waals surface area contributed by atoms with Crippen molar-refractivity contribution < 1.29 is 9.13 Å². The number of pyridine rings is 1. The number of rotatable bonds is 6. The molecule has 1 aromatic carbocycles. The number of benzene rings is 1. The van der Waals surface area contributed by atoms with Crippen molar-refractivity contribution in [3.05, 3.63) is 59.2 Å². The van der Waals surface area contributed by atoms with Crippen molar-refractivity contribution in [2.75, 3.05) is 0 Å². The minimum atomic E-state index is -0.293. The zero-order chi connectivity index (χ0) is 15.2. The summed E-state index contributed by atoms with van der Waals surface area (Å²) in [5.74, 6) is 0.265. The highest BCUT2D eigenvalue weighted by molar-refractivity contribution is 5.32. The van der Waals surface area contributed by atoms with E-state index in [1.54, 1.807) is 6.07 Å². The van der Waals surface area contributed by atoms with E-state index in [-0.39, 0.29) is 5.82 Å². The first kappa shape index (κ1) is 15.4. The number of nitrogens with one attached hydrogen (secondary N) is 1. The van der Waals surface area contributed by atoms with Crippen LogP contribution in [0, 0.1) is 12.7 Å². The van der Waals surface area contributed by atoms with Gasteiger partial charge in [-0.2, -0.15) is 0 Å². The van der Waals surface area contributed by atoms with Crippen molar-refractivity contribution in [1.29, 1.82) is 0 Å². The van der Waals surface area contributed by atoms with Gasteiger partial charge in [0.15, 0.2) is 0 Å². The van der Waals surface area contributed by atoms with Crippen LogP contribution in [0.1, 0.15) is 30.7 Å². The van der Waals surface area contributed by atoms with Crippen LogP contribution in [0.4, 0.5) is 4.39 Å². The molecule has 0 aliphatic heterocycles. The van der Waals surface area contributed by atoms with Crippen molar-refractivity contribution in [2.45, 2.75) is 40.0 Å². The Kier molecular flexibility index (Phi) is 5.28. The number of aromatic nitrogens is 1. The number of hydrogen-bond donors (Lipinski definition) is 1. The maximum absolute atomic E-state index is 13.2. The lowest BCUT2D eigenvalue weighted by atomic mass is 10.2. The molecule has 0 saturated carbocycles. The van der Waals surface area contributed by atoms with E-state index >= 15 is 0 Å². The van der Waals surface area contributed by atoms with Crippen molar-refractivity contribution in [3.63, 3.8) is 0 Å². The Labute approximate surface area is 125 Å². The Balaban J connectivity index is 1.93. The average Bonchev–Trinajstić information content (AvgIpc) is 2.47. The van der Waals surface area contributed by atoms with E-state index < -0.39 is 0 Å². The molecule has 0 bridgehead atoms. The molecule has 0 aliphatic carbocycles. The summed E-state index contributed by atoms with van der Waals surface area (Å²) in [6.45, 7) is 7.24. The number of ether oxygens (including phenoxy) is 1. The first-order valence-electron chi connectivity index (χ1n) is 7.11. The predicted octanol–water partition coefficient (Wildman–Crippen LogP) is 3.61. The highest BCUT2D eigenvalue weighted by Crippen LogP contribution is 2.19.